The Balaban J connectivity index is 2.06. The topological polar surface area (TPSA) is 55.1 Å². The number of hydrogen-bond donors (Lipinski definition) is 2. The average molecular weight is 232 g/mol. The van der Waals surface area contributed by atoms with E-state index in [1.54, 1.807) is 0 Å². The molecular formula is C14H20N2O. The van der Waals surface area contributed by atoms with E-state index in [4.69, 9.17) is 5.73 Å². The molecule has 0 saturated heterocycles. The maximum atomic E-state index is 12.1. The highest BCUT2D eigenvalue weighted by molar-refractivity contribution is 5.94. The molecule has 3 heteroatoms. The van der Waals surface area contributed by atoms with Crippen LogP contribution >= 0.6 is 0 Å². The average Bonchev–Trinajstić information content (AvgIpc) is 2.41. The van der Waals surface area contributed by atoms with Crippen LogP contribution in [0.25, 0.3) is 0 Å². The standard InChI is InChI=1S/C14H20N2O/c15-11-14(9-5-2-6-10-14)16-13(17)12-7-3-1-4-8-12/h1,3-4,7-8H,2,5-6,9-11,15H2,(H,16,17). The zero-order chi connectivity index (χ0) is 12.1. The monoisotopic (exact) mass is 232 g/mol. The molecule has 1 saturated carbocycles. The Hall–Kier alpha value is -1.35. The highest BCUT2D eigenvalue weighted by atomic mass is 16.1. The van der Waals surface area contributed by atoms with Crippen molar-refractivity contribution in [2.45, 2.75) is 37.6 Å². The minimum atomic E-state index is -0.175. The zero-order valence-electron chi connectivity index (χ0n) is 10.1. The van der Waals surface area contributed by atoms with Crippen LogP contribution in [0.4, 0.5) is 0 Å². The van der Waals surface area contributed by atoms with Crippen molar-refractivity contribution < 1.29 is 4.79 Å². The maximum absolute atomic E-state index is 12.1. The summed E-state index contributed by atoms with van der Waals surface area (Å²) in [6.07, 6.45) is 5.58. The molecule has 0 bridgehead atoms. The molecule has 0 radical (unpaired) electrons. The van der Waals surface area contributed by atoms with Crippen molar-refractivity contribution in [3.05, 3.63) is 35.9 Å². The van der Waals surface area contributed by atoms with Gasteiger partial charge >= 0.3 is 0 Å². The minimum Gasteiger partial charge on any atom is -0.345 e. The summed E-state index contributed by atoms with van der Waals surface area (Å²) >= 11 is 0. The van der Waals surface area contributed by atoms with E-state index < -0.39 is 0 Å². The van der Waals surface area contributed by atoms with Gasteiger partial charge in [-0.05, 0) is 25.0 Å². The first-order valence-corrected chi connectivity index (χ1v) is 6.33. The molecule has 1 amide bonds. The first kappa shape index (κ1) is 12.1. The molecule has 1 fully saturated rings. The van der Waals surface area contributed by atoms with Crippen molar-refractivity contribution in [3.63, 3.8) is 0 Å². The normalized spacial score (nSPS) is 18.6. The molecule has 1 aliphatic carbocycles. The van der Waals surface area contributed by atoms with Gasteiger partial charge in [0.25, 0.3) is 5.91 Å². The molecule has 3 nitrogen and oxygen atoms in total. The fraction of sp³-hybridized carbons (Fsp3) is 0.500. The van der Waals surface area contributed by atoms with Gasteiger partial charge in [-0.3, -0.25) is 4.79 Å². The number of benzene rings is 1. The minimum absolute atomic E-state index is 0.00190. The number of carbonyl (C=O) groups excluding carboxylic acids is 1. The molecule has 1 aromatic carbocycles. The van der Waals surface area contributed by atoms with E-state index in [0.29, 0.717) is 12.1 Å². The van der Waals surface area contributed by atoms with Crippen molar-refractivity contribution in [2.75, 3.05) is 6.54 Å². The third kappa shape index (κ3) is 2.86. The third-order valence-corrected chi connectivity index (χ3v) is 3.62. The van der Waals surface area contributed by atoms with Crippen molar-refractivity contribution in [1.82, 2.24) is 5.32 Å². The van der Waals surface area contributed by atoms with Gasteiger partial charge in [0.2, 0.25) is 0 Å². The van der Waals surface area contributed by atoms with Crippen LogP contribution in [-0.4, -0.2) is 18.0 Å². The van der Waals surface area contributed by atoms with E-state index in [2.05, 4.69) is 5.32 Å². The number of amides is 1. The van der Waals surface area contributed by atoms with Crippen LogP contribution in [0, 0.1) is 0 Å². The molecule has 2 rings (SSSR count). The third-order valence-electron chi connectivity index (χ3n) is 3.62. The lowest BCUT2D eigenvalue weighted by molar-refractivity contribution is 0.0874. The molecule has 17 heavy (non-hydrogen) atoms. The summed E-state index contributed by atoms with van der Waals surface area (Å²) in [4.78, 5) is 12.1. The van der Waals surface area contributed by atoms with Crippen molar-refractivity contribution in [2.24, 2.45) is 5.73 Å². The van der Waals surface area contributed by atoms with E-state index >= 15 is 0 Å². The van der Waals surface area contributed by atoms with Crippen molar-refractivity contribution in [3.8, 4) is 0 Å². The van der Waals surface area contributed by atoms with Gasteiger partial charge in [-0.25, -0.2) is 0 Å². The molecule has 92 valence electrons. The van der Waals surface area contributed by atoms with Crippen LogP contribution in [0.15, 0.2) is 30.3 Å². The van der Waals surface area contributed by atoms with Crippen LogP contribution in [0.3, 0.4) is 0 Å². The van der Waals surface area contributed by atoms with Gasteiger partial charge in [0.05, 0.1) is 5.54 Å². The quantitative estimate of drug-likeness (QED) is 0.838. The molecule has 3 N–H and O–H groups in total. The number of hydrogen-bond acceptors (Lipinski definition) is 2. The summed E-state index contributed by atoms with van der Waals surface area (Å²) < 4.78 is 0. The van der Waals surface area contributed by atoms with Crippen molar-refractivity contribution >= 4 is 5.91 Å². The molecule has 0 aromatic heterocycles. The van der Waals surface area contributed by atoms with Gasteiger partial charge in [0.15, 0.2) is 0 Å². The lowest BCUT2D eigenvalue weighted by Gasteiger charge is -2.37. The van der Waals surface area contributed by atoms with Crippen LogP contribution in [0.5, 0.6) is 0 Å². The highest BCUT2D eigenvalue weighted by Crippen LogP contribution is 2.27. The van der Waals surface area contributed by atoms with E-state index in [1.165, 1.54) is 6.42 Å². The molecule has 0 unspecified atom stereocenters. The predicted octanol–water partition coefficient (Wildman–Crippen LogP) is 2.08. The summed E-state index contributed by atoms with van der Waals surface area (Å²) in [5, 5.41) is 3.13. The number of nitrogens with one attached hydrogen (secondary N) is 1. The Morgan fingerprint density at radius 2 is 1.82 bits per heavy atom. The Bertz CT molecular complexity index is 369. The summed E-state index contributed by atoms with van der Waals surface area (Å²) in [6.45, 7) is 0.533. The summed E-state index contributed by atoms with van der Waals surface area (Å²) in [5.74, 6) is -0.00190. The summed E-state index contributed by atoms with van der Waals surface area (Å²) in [7, 11) is 0. The lowest BCUT2D eigenvalue weighted by Crippen LogP contribution is -2.54. The fourth-order valence-electron chi connectivity index (χ4n) is 2.51. The number of carbonyl (C=O) groups is 1. The Labute approximate surface area is 102 Å². The first-order chi connectivity index (χ1) is 8.26. The molecule has 1 aliphatic rings. The van der Waals surface area contributed by atoms with Crippen LogP contribution < -0.4 is 11.1 Å². The van der Waals surface area contributed by atoms with Crippen LogP contribution in [-0.2, 0) is 0 Å². The van der Waals surface area contributed by atoms with Crippen molar-refractivity contribution in [1.29, 1.82) is 0 Å². The van der Waals surface area contributed by atoms with E-state index in [-0.39, 0.29) is 11.4 Å². The van der Waals surface area contributed by atoms with Gasteiger partial charge in [0.1, 0.15) is 0 Å². The second kappa shape index (κ2) is 5.32. The number of rotatable bonds is 3. The van der Waals surface area contributed by atoms with Crippen LogP contribution in [0.2, 0.25) is 0 Å². The number of nitrogens with two attached hydrogens (primary N) is 1. The largest absolute Gasteiger partial charge is 0.345 e. The maximum Gasteiger partial charge on any atom is 0.251 e. The molecule has 0 atom stereocenters. The Morgan fingerprint density at radius 1 is 1.18 bits per heavy atom. The predicted molar refractivity (Wildman–Crippen MR) is 68.8 cm³/mol. The van der Waals surface area contributed by atoms with Gasteiger partial charge in [-0.2, -0.15) is 0 Å². The van der Waals surface area contributed by atoms with Crippen LogP contribution in [0.1, 0.15) is 42.5 Å². The van der Waals surface area contributed by atoms with Gasteiger partial charge in [0, 0.05) is 12.1 Å². The van der Waals surface area contributed by atoms with Gasteiger partial charge < -0.3 is 11.1 Å². The Morgan fingerprint density at radius 3 is 2.41 bits per heavy atom. The zero-order valence-corrected chi connectivity index (χ0v) is 10.1. The SMILES string of the molecule is NCC1(NC(=O)c2ccccc2)CCCCC1. The van der Waals surface area contributed by atoms with Gasteiger partial charge in [-0.15, -0.1) is 0 Å². The summed E-state index contributed by atoms with van der Waals surface area (Å²) in [5.41, 5.74) is 6.39. The second-order valence-electron chi connectivity index (χ2n) is 4.87. The molecule has 1 aromatic rings. The summed E-state index contributed by atoms with van der Waals surface area (Å²) in [6, 6.07) is 9.34. The molecule has 0 aliphatic heterocycles. The highest BCUT2D eigenvalue weighted by Gasteiger charge is 2.32. The Kier molecular flexibility index (Phi) is 3.79. The smallest absolute Gasteiger partial charge is 0.251 e. The lowest BCUT2D eigenvalue weighted by atomic mass is 9.81. The van der Waals surface area contributed by atoms with E-state index in [1.807, 2.05) is 30.3 Å². The van der Waals surface area contributed by atoms with E-state index in [9.17, 15) is 4.79 Å². The molecule has 0 spiro atoms. The second-order valence-corrected chi connectivity index (χ2v) is 4.87. The van der Waals surface area contributed by atoms with E-state index in [0.717, 1.165) is 25.7 Å². The first-order valence-electron chi connectivity index (χ1n) is 6.33. The fourth-order valence-corrected chi connectivity index (χ4v) is 2.51. The molecule has 0 heterocycles. The van der Waals surface area contributed by atoms with Gasteiger partial charge in [-0.1, -0.05) is 37.5 Å². The molecular weight excluding hydrogens is 212 g/mol.